The van der Waals surface area contributed by atoms with Crippen molar-refractivity contribution in [3.05, 3.63) is 29.3 Å². The lowest BCUT2D eigenvalue weighted by molar-refractivity contribution is 0.135. The Morgan fingerprint density at radius 3 is 2.48 bits per heavy atom. The molecular formula is C13H19ClN2O4S. The van der Waals surface area contributed by atoms with Gasteiger partial charge >= 0.3 is 6.09 Å². The summed E-state index contributed by atoms with van der Waals surface area (Å²) in [5.41, 5.74) is 0. The number of carbonyl (C=O) groups excluding carboxylic acids is 1. The molecule has 0 bridgehead atoms. The molecule has 6 nitrogen and oxygen atoms in total. The largest absolute Gasteiger partial charge is 0.447 e. The molecule has 1 aromatic rings. The third-order valence-electron chi connectivity index (χ3n) is 2.88. The predicted molar refractivity (Wildman–Crippen MR) is 80.9 cm³/mol. The zero-order chi connectivity index (χ0) is 15.9. The highest BCUT2D eigenvalue weighted by atomic mass is 35.5. The Balaban J connectivity index is 2.56. The van der Waals surface area contributed by atoms with Crippen molar-refractivity contribution in [2.75, 3.05) is 26.2 Å². The molecule has 0 aliphatic rings. The minimum atomic E-state index is -4.02. The first-order valence-corrected chi connectivity index (χ1v) is 8.43. The van der Waals surface area contributed by atoms with Gasteiger partial charge in [-0.15, -0.1) is 0 Å². The lowest BCUT2D eigenvalue weighted by Crippen LogP contribution is -2.34. The number of rotatable bonds is 7. The smallest absolute Gasteiger partial charge is 0.421 e. The summed E-state index contributed by atoms with van der Waals surface area (Å²) < 4.78 is 30.6. The van der Waals surface area contributed by atoms with Gasteiger partial charge in [-0.25, -0.2) is 17.9 Å². The molecule has 0 fully saturated rings. The van der Waals surface area contributed by atoms with E-state index in [4.69, 9.17) is 16.3 Å². The van der Waals surface area contributed by atoms with Crippen LogP contribution in [0.4, 0.5) is 4.79 Å². The van der Waals surface area contributed by atoms with Crippen molar-refractivity contribution in [1.82, 2.24) is 9.62 Å². The van der Waals surface area contributed by atoms with E-state index in [1.54, 1.807) is 6.07 Å². The minimum Gasteiger partial charge on any atom is -0.447 e. The molecule has 0 saturated carbocycles. The lowest BCUT2D eigenvalue weighted by Gasteiger charge is -2.17. The molecule has 0 radical (unpaired) electrons. The second-order valence-electron chi connectivity index (χ2n) is 4.20. The standard InChI is InChI=1S/C13H19ClN2O4S/c1-3-16(4-2)9-10-20-13(17)15-21(18,19)12-8-6-5-7-11(12)14/h5-8H,3-4,9-10H2,1-2H3,(H,15,17). The topological polar surface area (TPSA) is 75.7 Å². The van der Waals surface area contributed by atoms with Crippen LogP contribution in [-0.2, 0) is 14.8 Å². The van der Waals surface area contributed by atoms with E-state index in [1.807, 2.05) is 18.6 Å². The third-order valence-corrected chi connectivity index (χ3v) is 4.69. The maximum absolute atomic E-state index is 12.0. The maximum Gasteiger partial charge on any atom is 0.421 e. The van der Waals surface area contributed by atoms with E-state index < -0.39 is 16.1 Å². The van der Waals surface area contributed by atoms with Gasteiger partial charge < -0.3 is 9.64 Å². The molecule has 0 aliphatic carbocycles. The molecule has 1 amide bonds. The Kier molecular flexibility index (Phi) is 6.94. The van der Waals surface area contributed by atoms with E-state index in [-0.39, 0.29) is 16.5 Å². The van der Waals surface area contributed by atoms with Gasteiger partial charge in [0.15, 0.2) is 0 Å². The summed E-state index contributed by atoms with van der Waals surface area (Å²) >= 11 is 5.80. The van der Waals surface area contributed by atoms with E-state index in [0.717, 1.165) is 13.1 Å². The second kappa shape index (κ2) is 8.21. The van der Waals surface area contributed by atoms with Crippen molar-refractivity contribution in [2.24, 2.45) is 0 Å². The van der Waals surface area contributed by atoms with Crippen molar-refractivity contribution < 1.29 is 17.9 Å². The zero-order valence-electron chi connectivity index (χ0n) is 12.0. The van der Waals surface area contributed by atoms with Crippen LogP contribution in [0.3, 0.4) is 0 Å². The van der Waals surface area contributed by atoms with E-state index >= 15 is 0 Å². The van der Waals surface area contributed by atoms with Gasteiger partial charge in [0.25, 0.3) is 10.0 Å². The Bertz CT molecular complexity index is 573. The number of amides is 1. The number of sulfonamides is 1. The van der Waals surface area contributed by atoms with Gasteiger partial charge in [0.2, 0.25) is 0 Å². The average Bonchev–Trinajstić information content (AvgIpc) is 2.43. The van der Waals surface area contributed by atoms with Gasteiger partial charge in [-0.3, -0.25) is 0 Å². The number of carbonyl (C=O) groups is 1. The summed E-state index contributed by atoms with van der Waals surface area (Å²) in [7, 11) is -4.02. The van der Waals surface area contributed by atoms with Gasteiger partial charge in [-0.05, 0) is 25.2 Å². The van der Waals surface area contributed by atoms with E-state index in [9.17, 15) is 13.2 Å². The summed E-state index contributed by atoms with van der Waals surface area (Å²) in [5.74, 6) is 0. The fraction of sp³-hybridized carbons (Fsp3) is 0.462. The third kappa shape index (κ3) is 5.53. The fourth-order valence-electron chi connectivity index (χ4n) is 1.66. The molecule has 1 rings (SSSR count). The molecule has 0 saturated heterocycles. The number of halogens is 1. The highest BCUT2D eigenvalue weighted by Gasteiger charge is 2.21. The molecule has 0 aromatic heterocycles. The van der Waals surface area contributed by atoms with Crippen LogP contribution >= 0.6 is 11.6 Å². The van der Waals surface area contributed by atoms with Crippen LogP contribution < -0.4 is 4.72 Å². The number of nitrogens with one attached hydrogen (secondary N) is 1. The number of ether oxygens (including phenoxy) is 1. The summed E-state index contributed by atoms with van der Waals surface area (Å²) in [6.07, 6.45) is -1.01. The molecule has 0 spiro atoms. The molecule has 8 heteroatoms. The molecule has 0 aliphatic heterocycles. The predicted octanol–water partition coefficient (Wildman–Crippen LogP) is 2.10. The van der Waals surface area contributed by atoms with Gasteiger partial charge in [0, 0.05) is 6.54 Å². The van der Waals surface area contributed by atoms with Crippen molar-refractivity contribution in [3.63, 3.8) is 0 Å². The van der Waals surface area contributed by atoms with Gasteiger partial charge in [-0.1, -0.05) is 37.6 Å². The molecule has 0 atom stereocenters. The molecule has 1 N–H and O–H groups in total. The summed E-state index contributed by atoms with van der Waals surface area (Å²) in [5, 5.41) is 0.0425. The highest BCUT2D eigenvalue weighted by molar-refractivity contribution is 7.90. The Morgan fingerprint density at radius 1 is 1.29 bits per heavy atom. The molecule has 1 aromatic carbocycles. The summed E-state index contributed by atoms with van der Waals surface area (Å²) in [6, 6.07) is 5.87. The Hall–Kier alpha value is -1.31. The van der Waals surface area contributed by atoms with Crippen molar-refractivity contribution in [3.8, 4) is 0 Å². The van der Waals surface area contributed by atoms with Crippen LogP contribution in [-0.4, -0.2) is 45.7 Å². The molecule has 21 heavy (non-hydrogen) atoms. The quantitative estimate of drug-likeness (QED) is 0.826. The van der Waals surface area contributed by atoms with Crippen molar-refractivity contribution in [1.29, 1.82) is 0 Å². The summed E-state index contributed by atoms with van der Waals surface area (Å²) in [4.78, 5) is 13.4. The number of likely N-dealkylation sites (N-methyl/N-ethyl adjacent to an activating group) is 1. The maximum atomic E-state index is 12.0. The van der Waals surface area contributed by atoms with Crippen LogP contribution in [0.1, 0.15) is 13.8 Å². The van der Waals surface area contributed by atoms with E-state index in [1.165, 1.54) is 18.2 Å². The first-order valence-electron chi connectivity index (χ1n) is 6.57. The van der Waals surface area contributed by atoms with Gasteiger partial charge in [-0.2, -0.15) is 0 Å². The monoisotopic (exact) mass is 334 g/mol. The van der Waals surface area contributed by atoms with E-state index in [0.29, 0.717) is 6.54 Å². The zero-order valence-corrected chi connectivity index (χ0v) is 13.6. The fourth-order valence-corrected chi connectivity index (χ4v) is 3.08. The highest BCUT2D eigenvalue weighted by Crippen LogP contribution is 2.20. The molecule has 118 valence electrons. The first kappa shape index (κ1) is 17.7. The SMILES string of the molecule is CCN(CC)CCOC(=O)NS(=O)(=O)c1ccccc1Cl. The van der Waals surface area contributed by atoms with Crippen molar-refractivity contribution in [2.45, 2.75) is 18.7 Å². The number of hydrogen-bond donors (Lipinski definition) is 1. The average molecular weight is 335 g/mol. The molecular weight excluding hydrogens is 316 g/mol. The van der Waals surface area contributed by atoms with Crippen LogP contribution in [0.25, 0.3) is 0 Å². The lowest BCUT2D eigenvalue weighted by atomic mass is 10.4. The number of nitrogens with zero attached hydrogens (tertiary/aromatic N) is 1. The number of hydrogen-bond acceptors (Lipinski definition) is 5. The summed E-state index contributed by atoms with van der Waals surface area (Å²) in [6.45, 7) is 6.31. The van der Waals surface area contributed by atoms with Crippen LogP contribution in [0.15, 0.2) is 29.2 Å². The second-order valence-corrected chi connectivity index (χ2v) is 6.26. The Labute approximate surface area is 130 Å². The van der Waals surface area contributed by atoms with Crippen LogP contribution in [0.2, 0.25) is 5.02 Å². The van der Waals surface area contributed by atoms with E-state index in [2.05, 4.69) is 4.90 Å². The normalized spacial score (nSPS) is 11.4. The molecule has 0 heterocycles. The van der Waals surface area contributed by atoms with Crippen LogP contribution in [0, 0.1) is 0 Å². The molecule has 0 unspecified atom stereocenters. The van der Waals surface area contributed by atoms with Crippen LogP contribution in [0.5, 0.6) is 0 Å². The van der Waals surface area contributed by atoms with Gasteiger partial charge in [0.05, 0.1) is 5.02 Å². The minimum absolute atomic E-state index is 0.0425. The first-order chi connectivity index (χ1) is 9.90. The number of benzene rings is 1. The van der Waals surface area contributed by atoms with Crippen molar-refractivity contribution >= 4 is 27.7 Å². The van der Waals surface area contributed by atoms with Gasteiger partial charge in [0.1, 0.15) is 11.5 Å². The Morgan fingerprint density at radius 2 is 1.90 bits per heavy atom.